The molecular formula is C25H33Br3K2O5. The number of phenols is 1. The number of carbonyl (C=O) groups excluding carboxylic acids is 1. The van der Waals surface area contributed by atoms with Gasteiger partial charge in [-0.1, -0.05) is 72.1 Å². The number of phenolic OH excluding ortho intramolecular Hbond substituents is 1. The minimum atomic E-state index is -0.181. The average molecular weight is 731 g/mol. The molecule has 0 unspecified atom stereocenters. The van der Waals surface area contributed by atoms with E-state index in [-0.39, 0.29) is 111 Å². The zero-order chi connectivity index (χ0) is 25.8. The Kier molecular flexibility index (Phi) is 35.8. The second kappa shape index (κ2) is 28.7. The van der Waals surface area contributed by atoms with Crippen LogP contribution in [0.5, 0.6) is 11.5 Å². The third-order valence-corrected chi connectivity index (χ3v) is 6.03. The minimum Gasteiger partial charge on any atom is -1.00 e. The molecule has 0 aliphatic heterocycles. The molecule has 0 heterocycles. The van der Waals surface area contributed by atoms with Gasteiger partial charge in [0.2, 0.25) is 0 Å². The quantitative estimate of drug-likeness (QED) is 0.0885. The average Bonchev–Trinajstić information content (AvgIpc) is 2.78. The largest absolute Gasteiger partial charge is 1.00 e. The minimum absolute atomic E-state index is 0. The Labute approximate surface area is 322 Å². The summed E-state index contributed by atoms with van der Waals surface area (Å²) in [4.78, 5) is 11.2. The third kappa shape index (κ3) is 23.3. The van der Waals surface area contributed by atoms with Crippen LogP contribution in [0.15, 0.2) is 58.5 Å². The monoisotopic (exact) mass is 728 g/mol. The predicted octanol–water partition coefficient (Wildman–Crippen LogP) is 1.30. The molecule has 1 N–H and O–H groups in total. The van der Waals surface area contributed by atoms with E-state index >= 15 is 0 Å². The second-order valence-electron chi connectivity index (χ2n) is 6.64. The van der Waals surface area contributed by atoms with Crippen LogP contribution in [0.25, 0.3) is 0 Å². The molecule has 2 rings (SSSR count). The van der Waals surface area contributed by atoms with Gasteiger partial charge in [-0.2, -0.15) is 0 Å². The maximum Gasteiger partial charge on any atom is 1.00 e. The molecule has 0 fully saturated rings. The maximum absolute atomic E-state index is 9.19. The third-order valence-electron chi connectivity index (χ3n) is 3.87. The smallest absolute Gasteiger partial charge is 1.00 e. The van der Waals surface area contributed by atoms with Crippen molar-refractivity contribution in [3.63, 3.8) is 0 Å². The number of allylic oxidation sites excluding steroid dienone is 1. The fourth-order valence-corrected chi connectivity index (χ4v) is 3.09. The first-order chi connectivity index (χ1) is 15.6. The maximum atomic E-state index is 9.19. The normalized spacial score (nSPS) is 8.46. The predicted molar refractivity (Wildman–Crippen MR) is 146 cm³/mol. The van der Waals surface area contributed by atoms with E-state index in [1.165, 1.54) is 11.1 Å². The van der Waals surface area contributed by atoms with Crippen LogP contribution in [0.1, 0.15) is 36.5 Å². The molecule has 0 aliphatic rings. The first-order valence-electron chi connectivity index (χ1n) is 9.94. The number of hydrogen-bond donors (Lipinski definition) is 1. The summed E-state index contributed by atoms with van der Waals surface area (Å²) in [5.74, 6) is 1.29. The number of alkyl halides is 1. The van der Waals surface area contributed by atoms with Crippen molar-refractivity contribution >= 4 is 54.3 Å². The number of halogens is 3. The molecule has 0 radical (unpaired) electrons. The molecule has 0 aliphatic carbocycles. The Morgan fingerprint density at radius 2 is 1.37 bits per heavy atom. The molecule has 10 heteroatoms. The Hall–Kier alpha value is 1.66. The molecule has 186 valence electrons. The summed E-state index contributed by atoms with van der Waals surface area (Å²) in [6.45, 7) is 15.7. The number of ether oxygens (including phenoxy) is 1. The van der Waals surface area contributed by atoms with Crippen molar-refractivity contribution in [2.45, 2.75) is 40.5 Å². The fourth-order valence-electron chi connectivity index (χ4n) is 2.11. The molecular weight excluding hydrogens is 698 g/mol. The Bertz CT molecular complexity index is 822. The number of aryl methyl sites for hydroxylation is 4. The van der Waals surface area contributed by atoms with Gasteiger partial charge >= 0.3 is 103 Å². The van der Waals surface area contributed by atoms with E-state index in [1.807, 2.05) is 38.1 Å². The van der Waals surface area contributed by atoms with Crippen LogP contribution in [0, 0.1) is 27.7 Å². The second-order valence-corrected chi connectivity index (χ2v) is 9.14. The number of carbonyl (C=O) groups is 1. The van der Waals surface area contributed by atoms with Crippen molar-refractivity contribution in [2.24, 2.45) is 0 Å². The molecule has 35 heavy (non-hydrogen) atoms. The molecule has 0 atom stereocenters. The van der Waals surface area contributed by atoms with Crippen molar-refractivity contribution in [3.05, 3.63) is 80.8 Å². The van der Waals surface area contributed by atoms with Gasteiger partial charge < -0.3 is 21.4 Å². The van der Waals surface area contributed by atoms with Gasteiger partial charge in [-0.25, -0.2) is 0 Å². The summed E-state index contributed by atoms with van der Waals surface area (Å²) >= 11 is 10.0. The SMILES string of the molecule is C=CCCBr.C=CCCOc1cc(Br)c(C)cc1C.Cc1cc(C)c(Br)cc1O.O=CO[O-].[H-].[K+].[K+]. The van der Waals surface area contributed by atoms with Gasteiger partial charge in [-0.15, -0.1) is 13.2 Å². The van der Waals surface area contributed by atoms with Gasteiger partial charge in [0, 0.05) is 14.3 Å². The van der Waals surface area contributed by atoms with Gasteiger partial charge in [-0.05, 0) is 74.9 Å². The van der Waals surface area contributed by atoms with E-state index in [0.29, 0.717) is 12.4 Å². The number of rotatable bonds is 7. The Balaban J connectivity index is -0.000000129. The van der Waals surface area contributed by atoms with Gasteiger partial charge in [-0.3, -0.25) is 4.79 Å². The standard InChI is InChI=1S/C12H15BrO.C8H9BrO.C4H7Br.CH2O3.2K.H/c1-4-5-6-14-12-8-11(13)9(2)7-10(12)3;1-5-3-6(2)8(10)4-7(5)9;1-2-3-4-5;2-1-4-3;;;/h4,7-8H,1,5-6H2,2-3H3;3-4,10H,1-2H3;2H,1,3-4H2;1,3H;;;/q;;;;2*+1;-1/p-1. The van der Waals surface area contributed by atoms with Crippen molar-refractivity contribution < 1.29 is 129 Å². The number of aromatic hydroxyl groups is 1. The van der Waals surface area contributed by atoms with E-state index in [1.54, 1.807) is 6.07 Å². The van der Waals surface area contributed by atoms with E-state index < -0.39 is 0 Å². The summed E-state index contributed by atoms with van der Waals surface area (Å²) in [6.07, 6.45) is 5.69. The van der Waals surface area contributed by atoms with Crippen LogP contribution < -0.4 is 113 Å². The zero-order valence-corrected chi connectivity index (χ0v) is 32.5. The van der Waals surface area contributed by atoms with Crippen molar-refractivity contribution in [1.29, 1.82) is 0 Å². The summed E-state index contributed by atoms with van der Waals surface area (Å²) in [7, 11) is 0. The van der Waals surface area contributed by atoms with Crippen molar-refractivity contribution in [2.75, 3.05) is 11.9 Å². The van der Waals surface area contributed by atoms with Crippen molar-refractivity contribution in [1.82, 2.24) is 0 Å². The molecule has 0 spiro atoms. The van der Waals surface area contributed by atoms with Crippen LogP contribution in [0.4, 0.5) is 0 Å². The van der Waals surface area contributed by atoms with Crippen LogP contribution in [-0.2, 0) is 9.68 Å². The summed E-state index contributed by atoms with van der Waals surface area (Å²) in [6, 6.07) is 7.80. The molecule has 2 aromatic carbocycles. The molecule has 2 aromatic rings. The van der Waals surface area contributed by atoms with E-state index in [0.717, 1.165) is 44.0 Å². The van der Waals surface area contributed by atoms with Gasteiger partial charge in [0.15, 0.2) is 0 Å². The van der Waals surface area contributed by atoms with Gasteiger partial charge in [0.05, 0.1) is 6.61 Å². The van der Waals surface area contributed by atoms with E-state index in [4.69, 9.17) is 14.8 Å². The van der Waals surface area contributed by atoms with Gasteiger partial charge in [0.1, 0.15) is 11.5 Å². The molecule has 0 amide bonds. The van der Waals surface area contributed by atoms with E-state index in [9.17, 15) is 5.11 Å². The first-order valence-corrected chi connectivity index (χ1v) is 12.6. The molecule has 0 aromatic heterocycles. The molecule has 0 saturated heterocycles. The number of hydrogen-bond acceptors (Lipinski definition) is 5. The zero-order valence-electron chi connectivity index (χ0n) is 22.5. The van der Waals surface area contributed by atoms with Crippen LogP contribution in [-0.4, -0.2) is 23.5 Å². The Morgan fingerprint density at radius 3 is 1.74 bits per heavy atom. The number of benzene rings is 2. The summed E-state index contributed by atoms with van der Waals surface area (Å²) in [5.41, 5.74) is 4.48. The summed E-state index contributed by atoms with van der Waals surface area (Å²) in [5, 5.41) is 18.7. The van der Waals surface area contributed by atoms with E-state index in [2.05, 4.69) is 85.7 Å². The fraction of sp³-hybridized carbons (Fsp3) is 0.320. The van der Waals surface area contributed by atoms with Crippen LogP contribution >= 0.6 is 47.8 Å². The van der Waals surface area contributed by atoms with Crippen LogP contribution in [0.2, 0.25) is 0 Å². The van der Waals surface area contributed by atoms with Crippen LogP contribution in [0.3, 0.4) is 0 Å². The molecule has 0 bridgehead atoms. The molecule has 5 nitrogen and oxygen atoms in total. The topological polar surface area (TPSA) is 78.8 Å². The summed E-state index contributed by atoms with van der Waals surface area (Å²) < 4.78 is 7.66. The van der Waals surface area contributed by atoms with Gasteiger partial charge in [0.25, 0.3) is 6.47 Å². The van der Waals surface area contributed by atoms with Crippen molar-refractivity contribution in [3.8, 4) is 11.5 Å². The first kappa shape index (κ1) is 43.7. The molecule has 0 saturated carbocycles. The Morgan fingerprint density at radius 1 is 0.914 bits per heavy atom.